The molecular weight excluding hydrogens is 280 g/mol. The molecule has 1 heterocycles. The van der Waals surface area contributed by atoms with Gasteiger partial charge in [-0.3, -0.25) is 5.84 Å². The fourth-order valence-corrected chi connectivity index (χ4v) is 3.53. The van der Waals surface area contributed by atoms with Crippen molar-refractivity contribution in [3.05, 3.63) is 59.2 Å². The lowest BCUT2D eigenvalue weighted by Gasteiger charge is -2.26. The van der Waals surface area contributed by atoms with Crippen LogP contribution in [0, 0.1) is 0 Å². The van der Waals surface area contributed by atoms with Crippen LogP contribution in [-0.4, -0.2) is 12.9 Å². The summed E-state index contributed by atoms with van der Waals surface area (Å²) >= 11 is 1.73. The Bertz CT molecular complexity index is 630. The van der Waals surface area contributed by atoms with Gasteiger partial charge in [0.15, 0.2) is 0 Å². The Morgan fingerprint density at radius 2 is 1.95 bits per heavy atom. The van der Waals surface area contributed by atoms with Crippen LogP contribution in [0.3, 0.4) is 0 Å². The van der Waals surface area contributed by atoms with E-state index in [0.717, 1.165) is 30.8 Å². The van der Waals surface area contributed by atoms with E-state index in [1.807, 2.05) is 0 Å². The number of benzene rings is 2. The third-order valence-corrected chi connectivity index (χ3v) is 4.70. The van der Waals surface area contributed by atoms with Crippen LogP contribution in [0.25, 0.3) is 0 Å². The molecule has 2 aromatic carbocycles. The van der Waals surface area contributed by atoms with E-state index in [4.69, 9.17) is 10.6 Å². The summed E-state index contributed by atoms with van der Waals surface area (Å²) < 4.78 is 5.93. The van der Waals surface area contributed by atoms with Crippen LogP contribution in [0.4, 0.5) is 0 Å². The molecule has 0 amide bonds. The second-order valence-electron chi connectivity index (χ2n) is 5.13. The normalized spacial score (nSPS) is 15.1. The van der Waals surface area contributed by atoms with Crippen LogP contribution < -0.4 is 16.0 Å². The molecule has 0 radical (unpaired) electrons. The lowest BCUT2D eigenvalue weighted by Crippen LogP contribution is -2.30. The van der Waals surface area contributed by atoms with Gasteiger partial charge in [-0.05, 0) is 36.3 Å². The number of aryl methyl sites for hydroxylation is 1. The summed E-state index contributed by atoms with van der Waals surface area (Å²) in [7, 11) is 0. The Labute approximate surface area is 129 Å². The average molecular weight is 300 g/mol. The molecule has 0 spiro atoms. The summed E-state index contributed by atoms with van der Waals surface area (Å²) in [5, 5.41) is 0. The molecule has 2 aromatic rings. The largest absolute Gasteiger partial charge is 0.493 e. The van der Waals surface area contributed by atoms with Gasteiger partial charge in [0.2, 0.25) is 0 Å². The highest BCUT2D eigenvalue weighted by Crippen LogP contribution is 2.37. The van der Waals surface area contributed by atoms with Crippen molar-refractivity contribution in [2.75, 3.05) is 12.9 Å². The minimum Gasteiger partial charge on any atom is -0.493 e. The molecule has 1 aliphatic rings. The second kappa shape index (κ2) is 6.52. The van der Waals surface area contributed by atoms with E-state index >= 15 is 0 Å². The van der Waals surface area contributed by atoms with E-state index in [0.29, 0.717) is 0 Å². The van der Waals surface area contributed by atoms with Crippen molar-refractivity contribution in [1.82, 2.24) is 5.43 Å². The average Bonchev–Trinajstić information content (AvgIpc) is 2.56. The highest BCUT2D eigenvalue weighted by atomic mass is 32.2. The zero-order chi connectivity index (χ0) is 14.7. The van der Waals surface area contributed by atoms with Crippen molar-refractivity contribution >= 4 is 11.8 Å². The molecule has 0 aliphatic carbocycles. The number of hydrazine groups is 1. The molecule has 0 aromatic heterocycles. The van der Waals surface area contributed by atoms with Crippen molar-refractivity contribution in [2.24, 2.45) is 5.84 Å². The fraction of sp³-hybridized carbons (Fsp3) is 0.294. The summed E-state index contributed by atoms with van der Waals surface area (Å²) in [6.45, 7) is 0.783. The first-order valence-electron chi connectivity index (χ1n) is 7.18. The monoisotopic (exact) mass is 300 g/mol. The lowest BCUT2D eigenvalue weighted by molar-refractivity contribution is 0.283. The zero-order valence-corrected chi connectivity index (χ0v) is 13.0. The molecule has 110 valence electrons. The minimum atomic E-state index is -0.0540. The van der Waals surface area contributed by atoms with Crippen LogP contribution in [0.15, 0.2) is 47.4 Å². The topological polar surface area (TPSA) is 47.3 Å². The Morgan fingerprint density at radius 3 is 2.76 bits per heavy atom. The standard InChI is InChI=1S/C17H20N2OS/c1-21-15-10-3-2-8-13(15)16(19-18)14-9-4-6-12-7-5-11-20-17(12)14/h2-4,6,8-10,16,19H,5,7,11,18H2,1H3. The van der Waals surface area contributed by atoms with Gasteiger partial charge >= 0.3 is 0 Å². The molecule has 3 rings (SSSR count). The van der Waals surface area contributed by atoms with E-state index in [1.165, 1.54) is 16.0 Å². The third kappa shape index (κ3) is 2.79. The molecule has 1 atom stereocenters. The molecule has 3 N–H and O–H groups in total. The van der Waals surface area contributed by atoms with E-state index in [-0.39, 0.29) is 6.04 Å². The van der Waals surface area contributed by atoms with E-state index in [9.17, 15) is 0 Å². The highest BCUT2D eigenvalue weighted by Gasteiger charge is 2.23. The molecule has 1 unspecified atom stereocenters. The SMILES string of the molecule is CSc1ccccc1C(NN)c1cccc2c1OCCC2. The number of thioether (sulfide) groups is 1. The first kappa shape index (κ1) is 14.4. The van der Waals surface area contributed by atoms with E-state index < -0.39 is 0 Å². The number of fused-ring (bicyclic) bond motifs is 1. The van der Waals surface area contributed by atoms with Crippen LogP contribution in [0.2, 0.25) is 0 Å². The Kier molecular flexibility index (Phi) is 4.48. The minimum absolute atomic E-state index is 0.0540. The zero-order valence-electron chi connectivity index (χ0n) is 12.1. The summed E-state index contributed by atoms with van der Waals surface area (Å²) in [6, 6.07) is 14.6. The quantitative estimate of drug-likeness (QED) is 0.517. The third-order valence-electron chi connectivity index (χ3n) is 3.89. The number of rotatable bonds is 4. The molecule has 0 bridgehead atoms. The molecule has 3 nitrogen and oxygen atoms in total. The summed E-state index contributed by atoms with van der Waals surface area (Å²) in [4.78, 5) is 1.23. The van der Waals surface area contributed by atoms with Gasteiger partial charge < -0.3 is 4.74 Å². The van der Waals surface area contributed by atoms with E-state index in [2.05, 4.69) is 54.1 Å². The molecule has 0 fully saturated rings. The lowest BCUT2D eigenvalue weighted by atomic mass is 9.94. The van der Waals surface area contributed by atoms with Gasteiger partial charge in [0.25, 0.3) is 0 Å². The number of hydrogen-bond donors (Lipinski definition) is 2. The number of ether oxygens (including phenoxy) is 1. The van der Waals surface area contributed by atoms with Crippen LogP contribution in [0.1, 0.15) is 29.2 Å². The van der Waals surface area contributed by atoms with Crippen molar-refractivity contribution in [3.63, 3.8) is 0 Å². The molecule has 21 heavy (non-hydrogen) atoms. The van der Waals surface area contributed by atoms with Gasteiger partial charge in [0.1, 0.15) is 5.75 Å². The van der Waals surface area contributed by atoms with Gasteiger partial charge in [0, 0.05) is 10.5 Å². The van der Waals surface area contributed by atoms with Crippen LogP contribution in [-0.2, 0) is 6.42 Å². The van der Waals surface area contributed by atoms with Crippen LogP contribution >= 0.6 is 11.8 Å². The Hall–Kier alpha value is -1.49. The fourth-order valence-electron chi connectivity index (χ4n) is 2.89. The maximum Gasteiger partial charge on any atom is 0.127 e. The highest BCUT2D eigenvalue weighted by molar-refractivity contribution is 7.98. The summed E-state index contributed by atoms with van der Waals surface area (Å²) in [6.07, 6.45) is 4.24. The van der Waals surface area contributed by atoms with Gasteiger partial charge in [-0.1, -0.05) is 36.4 Å². The number of hydrogen-bond acceptors (Lipinski definition) is 4. The number of nitrogens with two attached hydrogens (primary N) is 1. The second-order valence-corrected chi connectivity index (χ2v) is 5.98. The van der Waals surface area contributed by atoms with Gasteiger partial charge in [-0.2, -0.15) is 0 Å². The first-order valence-corrected chi connectivity index (χ1v) is 8.41. The summed E-state index contributed by atoms with van der Waals surface area (Å²) in [5.41, 5.74) is 6.56. The maximum absolute atomic E-state index is 5.93. The smallest absolute Gasteiger partial charge is 0.127 e. The van der Waals surface area contributed by atoms with Crippen molar-refractivity contribution in [2.45, 2.75) is 23.8 Å². The number of nitrogens with one attached hydrogen (secondary N) is 1. The first-order chi connectivity index (χ1) is 10.3. The molecular formula is C17H20N2OS. The molecule has 1 aliphatic heterocycles. The molecule has 4 heteroatoms. The van der Waals surface area contributed by atoms with Crippen molar-refractivity contribution in [3.8, 4) is 5.75 Å². The van der Waals surface area contributed by atoms with E-state index in [1.54, 1.807) is 11.8 Å². The van der Waals surface area contributed by atoms with Crippen LogP contribution in [0.5, 0.6) is 5.75 Å². The summed E-state index contributed by atoms with van der Waals surface area (Å²) in [5.74, 6) is 6.88. The van der Waals surface area contributed by atoms with Gasteiger partial charge in [0.05, 0.1) is 12.6 Å². The Morgan fingerprint density at radius 1 is 1.14 bits per heavy atom. The predicted octanol–water partition coefficient (Wildman–Crippen LogP) is 3.29. The van der Waals surface area contributed by atoms with Crippen molar-refractivity contribution < 1.29 is 4.74 Å². The van der Waals surface area contributed by atoms with Gasteiger partial charge in [-0.25, -0.2) is 5.43 Å². The van der Waals surface area contributed by atoms with Crippen molar-refractivity contribution in [1.29, 1.82) is 0 Å². The predicted molar refractivity (Wildman–Crippen MR) is 87.6 cm³/mol. The Balaban J connectivity index is 2.08. The molecule has 0 saturated heterocycles. The number of para-hydroxylation sites is 1. The maximum atomic E-state index is 5.93. The van der Waals surface area contributed by atoms with Gasteiger partial charge in [-0.15, -0.1) is 11.8 Å². The molecule has 0 saturated carbocycles.